The van der Waals surface area contributed by atoms with Crippen LogP contribution in [-0.2, 0) is 9.53 Å². The summed E-state index contributed by atoms with van der Waals surface area (Å²) in [6.07, 6.45) is 0.0218. The van der Waals surface area contributed by atoms with E-state index in [4.69, 9.17) is 10.5 Å². The number of benzene rings is 1. The number of hydrogen-bond donors (Lipinski definition) is 2. The number of anilines is 2. The molecule has 0 heterocycles. The van der Waals surface area contributed by atoms with Gasteiger partial charge in [0, 0.05) is 38.1 Å². The molecule has 0 aliphatic rings. The Morgan fingerprint density at radius 1 is 1.36 bits per heavy atom. The van der Waals surface area contributed by atoms with Crippen molar-refractivity contribution in [3.63, 3.8) is 0 Å². The highest BCUT2D eigenvalue weighted by Gasteiger charge is 2.12. The van der Waals surface area contributed by atoms with Crippen molar-refractivity contribution in [1.29, 1.82) is 0 Å². The van der Waals surface area contributed by atoms with Gasteiger partial charge in [-0.05, 0) is 32.0 Å². The van der Waals surface area contributed by atoms with Gasteiger partial charge in [0.15, 0.2) is 0 Å². The molecule has 5 nitrogen and oxygen atoms in total. The van der Waals surface area contributed by atoms with Crippen molar-refractivity contribution in [1.82, 2.24) is 0 Å². The molecule has 0 aliphatic carbocycles. The summed E-state index contributed by atoms with van der Waals surface area (Å²) >= 11 is 0. The van der Waals surface area contributed by atoms with Gasteiger partial charge in [0.25, 0.3) is 0 Å². The summed E-state index contributed by atoms with van der Waals surface area (Å²) in [4.78, 5) is 14.0. The molecule has 1 atom stereocenters. The molecule has 1 amide bonds. The summed E-state index contributed by atoms with van der Waals surface area (Å²) in [7, 11) is 3.59. The number of amides is 1. The fourth-order valence-electron chi connectivity index (χ4n) is 1.78. The van der Waals surface area contributed by atoms with Crippen molar-refractivity contribution in [2.75, 3.05) is 30.9 Å². The van der Waals surface area contributed by atoms with Crippen molar-refractivity contribution >= 4 is 42.1 Å². The third-order valence-electron chi connectivity index (χ3n) is 3.32. The highest BCUT2D eigenvalue weighted by Crippen LogP contribution is 2.20. The lowest BCUT2D eigenvalue weighted by Crippen LogP contribution is -2.28. The van der Waals surface area contributed by atoms with E-state index in [0.717, 1.165) is 11.4 Å². The van der Waals surface area contributed by atoms with Gasteiger partial charge in [0.05, 0.1) is 12.5 Å². The lowest BCUT2D eigenvalue weighted by atomic mass is 10.2. The number of carbonyl (C=O) groups is 1. The number of nitrogens with one attached hydrogen (secondary N) is 1. The SMILES string of the molecule is COC(CN)CC(=O)Nc1cccc(N(C)C(C)C)c1.Cl.Cl. The molecule has 0 saturated heterocycles. The maximum absolute atomic E-state index is 11.9. The first kappa shape index (κ1) is 23.3. The molecule has 3 N–H and O–H groups in total. The Bertz CT molecular complexity index is 441. The molecule has 22 heavy (non-hydrogen) atoms. The first-order chi connectivity index (χ1) is 9.47. The van der Waals surface area contributed by atoms with Gasteiger partial charge >= 0.3 is 0 Å². The molecule has 1 rings (SSSR count). The number of rotatable bonds is 7. The van der Waals surface area contributed by atoms with E-state index < -0.39 is 0 Å². The number of hydrogen-bond acceptors (Lipinski definition) is 4. The Kier molecular flexibility index (Phi) is 12.2. The average molecular weight is 352 g/mol. The van der Waals surface area contributed by atoms with Gasteiger partial charge in [-0.2, -0.15) is 0 Å². The number of ether oxygens (including phenoxy) is 1. The summed E-state index contributed by atoms with van der Waals surface area (Å²) in [5.74, 6) is -0.0911. The van der Waals surface area contributed by atoms with E-state index in [9.17, 15) is 4.79 Å². The lowest BCUT2D eigenvalue weighted by Gasteiger charge is -2.24. The molecule has 1 aromatic carbocycles. The molecular formula is C15H27Cl2N3O2. The Morgan fingerprint density at radius 3 is 2.50 bits per heavy atom. The van der Waals surface area contributed by atoms with Crippen LogP contribution in [0.3, 0.4) is 0 Å². The average Bonchev–Trinajstić information content (AvgIpc) is 2.44. The Labute approximate surface area is 145 Å². The predicted molar refractivity (Wildman–Crippen MR) is 97.6 cm³/mol. The minimum absolute atomic E-state index is 0. The van der Waals surface area contributed by atoms with E-state index in [1.807, 2.05) is 31.3 Å². The first-order valence-electron chi connectivity index (χ1n) is 6.83. The second kappa shape index (κ2) is 11.5. The second-order valence-corrected chi connectivity index (χ2v) is 5.10. The van der Waals surface area contributed by atoms with E-state index >= 15 is 0 Å². The zero-order valence-electron chi connectivity index (χ0n) is 13.5. The van der Waals surface area contributed by atoms with Crippen LogP contribution in [0.25, 0.3) is 0 Å². The fourth-order valence-corrected chi connectivity index (χ4v) is 1.78. The van der Waals surface area contributed by atoms with Crippen LogP contribution in [0.1, 0.15) is 20.3 Å². The molecule has 1 aromatic rings. The van der Waals surface area contributed by atoms with Crippen LogP contribution >= 0.6 is 24.8 Å². The highest BCUT2D eigenvalue weighted by molar-refractivity contribution is 5.91. The van der Waals surface area contributed by atoms with Gasteiger partial charge in [-0.15, -0.1) is 24.8 Å². The van der Waals surface area contributed by atoms with Crippen LogP contribution in [0.4, 0.5) is 11.4 Å². The molecule has 0 bridgehead atoms. The van der Waals surface area contributed by atoms with Crippen LogP contribution < -0.4 is 16.0 Å². The Balaban J connectivity index is 0. The summed E-state index contributed by atoms with van der Waals surface area (Å²) in [5, 5.41) is 2.87. The maximum Gasteiger partial charge on any atom is 0.227 e. The van der Waals surface area contributed by atoms with Crippen molar-refractivity contribution in [2.45, 2.75) is 32.4 Å². The molecule has 0 saturated carbocycles. The van der Waals surface area contributed by atoms with Crippen LogP contribution in [0.2, 0.25) is 0 Å². The zero-order chi connectivity index (χ0) is 15.1. The predicted octanol–water partition coefficient (Wildman–Crippen LogP) is 2.68. The van der Waals surface area contributed by atoms with Crippen molar-refractivity contribution in [3.05, 3.63) is 24.3 Å². The Hall–Kier alpha value is -1.01. The van der Waals surface area contributed by atoms with Crippen LogP contribution in [0.15, 0.2) is 24.3 Å². The zero-order valence-corrected chi connectivity index (χ0v) is 15.2. The van der Waals surface area contributed by atoms with E-state index in [1.54, 1.807) is 7.11 Å². The minimum atomic E-state index is -0.239. The van der Waals surface area contributed by atoms with Gasteiger partial charge in [-0.3, -0.25) is 4.79 Å². The molecule has 0 spiro atoms. The topological polar surface area (TPSA) is 67.6 Å². The molecule has 128 valence electrons. The van der Waals surface area contributed by atoms with Gasteiger partial charge in [-0.25, -0.2) is 0 Å². The van der Waals surface area contributed by atoms with Crippen molar-refractivity contribution in [3.8, 4) is 0 Å². The number of nitrogens with two attached hydrogens (primary N) is 1. The molecular weight excluding hydrogens is 325 g/mol. The standard InChI is InChI=1S/C15H25N3O2.2ClH/c1-11(2)18(3)13-7-5-6-12(8-13)17-15(19)9-14(10-16)20-4;;/h5-8,11,14H,9-10,16H2,1-4H3,(H,17,19);2*1H. The van der Waals surface area contributed by atoms with Gasteiger partial charge in [0.2, 0.25) is 5.91 Å². The molecule has 0 aliphatic heterocycles. The lowest BCUT2D eigenvalue weighted by molar-refractivity contribution is -0.118. The number of methoxy groups -OCH3 is 1. The van der Waals surface area contributed by atoms with Gasteiger partial charge in [-0.1, -0.05) is 6.07 Å². The monoisotopic (exact) mass is 351 g/mol. The molecule has 0 radical (unpaired) electrons. The summed E-state index contributed by atoms with van der Waals surface area (Å²) in [6, 6.07) is 8.19. The minimum Gasteiger partial charge on any atom is -0.380 e. The Morgan fingerprint density at radius 2 is 2.00 bits per heavy atom. The van der Waals surface area contributed by atoms with Crippen LogP contribution in [0, 0.1) is 0 Å². The number of halogens is 2. The summed E-state index contributed by atoms with van der Waals surface area (Å²) in [6.45, 7) is 4.57. The second-order valence-electron chi connectivity index (χ2n) is 5.10. The molecule has 7 heteroatoms. The molecule has 0 fully saturated rings. The number of carbonyl (C=O) groups excluding carboxylic acids is 1. The highest BCUT2D eigenvalue weighted by atomic mass is 35.5. The van der Waals surface area contributed by atoms with Crippen LogP contribution in [-0.4, -0.2) is 38.8 Å². The third-order valence-corrected chi connectivity index (χ3v) is 3.32. The first-order valence-corrected chi connectivity index (χ1v) is 6.83. The van der Waals surface area contributed by atoms with E-state index in [1.165, 1.54) is 0 Å². The summed E-state index contributed by atoms with van der Waals surface area (Å²) in [5.41, 5.74) is 7.36. The molecule has 1 unspecified atom stereocenters. The van der Waals surface area contributed by atoms with E-state index in [0.29, 0.717) is 12.6 Å². The van der Waals surface area contributed by atoms with Crippen molar-refractivity contribution in [2.24, 2.45) is 5.73 Å². The summed E-state index contributed by atoms with van der Waals surface area (Å²) < 4.78 is 5.11. The third kappa shape index (κ3) is 7.31. The normalized spacial score (nSPS) is 11.2. The number of nitrogens with zero attached hydrogens (tertiary/aromatic N) is 1. The van der Waals surface area contributed by atoms with Gasteiger partial charge < -0.3 is 20.7 Å². The fraction of sp³-hybridized carbons (Fsp3) is 0.533. The maximum atomic E-state index is 11.9. The van der Waals surface area contributed by atoms with Crippen LogP contribution in [0.5, 0.6) is 0 Å². The smallest absolute Gasteiger partial charge is 0.227 e. The quantitative estimate of drug-likeness (QED) is 0.792. The van der Waals surface area contributed by atoms with Gasteiger partial charge in [0.1, 0.15) is 0 Å². The van der Waals surface area contributed by atoms with E-state index in [2.05, 4.69) is 24.1 Å². The largest absolute Gasteiger partial charge is 0.380 e. The molecule has 0 aromatic heterocycles. The van der Waals surface area contributed by atoms with Crippen molar-refractivity contribution < 1.29 is 9.53 Å². The van der Waals surface area contributed by atoms with E-state index in [-0.39, 0.29) is 43.2 Å².